The number of benzene rings is 1. The van der Waals surface area contributed by atoms with Gasteiger partial charge in [-0.3, -0.25) is 9.59 Å². The zero-order valence-electron chi connectivity index (χ0n) is 12.6. The Balaban J connectivity index is 1.97. The number of carbonyl (C=O) groups is 2. The third-order valence-electron chi connectivity index (χ3n) is 3.69. The summed E-state index contributed by atoms with van der Waals surface area (Å²) in [6, 6.07) is 7.71. The van der Waals surface area contributed by atoms with E-state index in [2.05, 4.69) is 0 Å². The molecule has 1 fully saturated rings. The highest BCUT2D eigenvalue weighted by molar-refractivity contribution is 5.81. The van der Waals surface area contributed by atoms with E-state index in [4.69, 9.17) is 4.74 Å². The Kier molecular flexibility index (Phi) is 5.20. The Morgan fingerprint density at radius 2 is 2.05 bits per heavy atom. The molecule has 0 radical (unpaired) electrons. The first-order chi connectivity index (χ1) is 10.1. The maximum Gasteiger partial charge on any atom is 0.263 e. The van der Waals surface area contributed by atoms with E-state index in [1.807, 2.05) is 38.1 Å². The average Bonchev–Trinajstić information content (AvgIpc) is 2.52. The quantitative estimate of drug-likeness (QED) is 0.771. The summed E-state index contributed by atoms with van der Waals surface area (Å²) < 4.78 is 5.84. The van der Waals surface area contributed by atoms with E-state index in [1.165, 1.54) is 0 Å². The number of hydrogen-bond acceptors (Lipinski definition) is 3. The number of piperazine rings is 1. The van der Waals surface area contributed by atoms with Gasteiger partial charge in [-0.15, -0.1) is 0 Å². The fraction of sp³-hybridized carbons (Fsp3) is 0.500. The first kappa shape index (κ1) is 15.4. The largest absolute Gasteiger partial charge is 0.481 e. The highest BCUT2D eigenvalue weighted by atomic mass is 16.5. The first-order valence-corrected chi connectivity index (χ1v) is 7.35. The first-order valence-electron chi connectivity index (χ1n) is 7.35. The lowest BCUT2D eigenvalue weighted by Crippen LogP contribution is -2.51. The SMILES string of the molecule is CC[C@H](Oc1cccc(C)c1)C(=O)N1CCN(C=O)CC1. The summed E-state index contributed by atoms with van der Waals surface area (Å²) in [6.45, 7) is 6.27. The molecule has 0 N–H and O–H groups in total. The number of nitrogens with zero attached hydrogens (tertiary/aromatic N) is 2. The van der Waals surface area contributed by atoms with Gasteiger partial charge in [0.05, 0.1) is 0 Å². The van der Waals surface area contributed by atoms with Crippen LogP contribution >= 0.6 is 0 Å². The number of rotatable bonds is 5. The molecule has 1 aromatic rings. The molecule has 1 heterocycles. The summed E-state index contributed by atoms with van der Waals surface area (Å²) in [5, 5.41) is 0. The molecular formula is C16H22N2O3. The summed E-state index contributed by atoms with van der Waals surface area (Å²) in [5.74, 6) is 0.728. The van der Waals surface area contributed by atoms with Crippen LogP contribution in [0.15, 0.2) is 24.3 Å². The predicted molar refractivity (Wildman–Crippen MR) is 80.1 cm³/mol. The van der Waals surface area contributed by atoms with Crippen LogP contribution in [0.1, 0.15) is 18.9 Å². The smallest absolute Gasteiger partial charge is 0.263 e. The lowest BCUT2D eigenvalue weighted by atomic mass is 10.2. The van der Waals surface area contributed by atoms with Gasteiger partial charge >= 0.3 is 0 Å². The molecule has 5 heteroatoms. The fourth-order valence-corrected chi connectivity index (χ4v) is 2.41. The van der Waals surface area contributed by atoms with Crippen LogP contribution < -0.4 is 4.74 Å². The van der Waals surface area contributed by atoms with Crippen molar-refractivity contribution in [2.45, 2.75) is 26.4 Å². The van der Waals surface area contributed by atoms with E-state index < -0.39 is 6.10 Å². The van der Waals surface area contributed by atoms with Crippen molar-refractivity contribution in [3.63, 3.8) is 0 Å². The molecule has 114 valence electrons. The van der Waals surface area contributed by atoms with E-state index in [0.29, 0.717) is 32.6 Å². The van der Waals surface area contributed by atoms with Gasteiger partial charge in [-0.1, -0.05) is 19.1 Å². The molecule has 0 unspecified atom stereocenters. The normalized spacial score (nSPS) is 16.5. The molecule has 0 saturated carbocycles. The Bertz CT molecular complexity index is 496. The van der Waals surface area contributed by atoms with Crippen molar-refractivity contribution in [3.8, 4) is 5.75 Å². The Morgan fingerprint density at radius 1 is 1.33 bits per heavy atom. The second kappa shape index (κ2) is 7.11. The monoisotopic (exact) mass is 290 g/mol. The molecule has 1 aromatic carbocycles. The average molecular weight is 290 g/mol. The summed E-state index contributed by atoms with van der Waals surface area (Å²) >= 11 is 0. The van der Waals surface area contributed by atoms with Gasteiger partial charge in [0, 0.05) is 26.2 Å². The van der Waals surface area contributed by atoms with Crippen molar-refractivity contribution in [1.29, 1.82) is 0 Å². The van der Waals surface area contributed by atoms with Crippen LogP contribution in [0.4, 0.5) is 0 Å². The number of amides is 2. The molecule has 0 aromatic heterocycles. The topological polar surface area (TPSA) is 49.9 Å². The maximum atomic E-state index is 12.5. The number of aryl methyl sites for hydroxylation is 1. The summed E-state index contributed by atoms with van der Waals surface area (Å²) in [7, 11) is 0. The minimum absolute atomic E-state index is 0.00422. The second-order valence-corrected chi connectivity index (χ2v) is 5.30. The summed E-state index contributed by atoms with van der Waals surface area (Å²) in [6.07, 6.45) is 0.998. The van der Waals surface area contributed by atoms with E-state index in [0.717, 1.165) is 17.7 Å². The molecule has 1 aliphatic heterocycles. The summed E-state index contributed by atoms with van der Waals surface area (Å²) in [4.78, 5) is 26.7. The van der Waals surface area contributed by atoms with Crippen LogP contribution in [0.5, 0.6) is 5.75 Å². The Hall–Kier alpha value is -2.04. The van der Waals surface area contributed by atoms with Gasteiger partial charge in [0.25, 0.3) is 5.91 Å². The highest BCUT2D eigenvalue weighted by Gasteiger charge is 2.27. The van der Waals surface area contributed by atoms with E-state index in [-0.39, 0.29) is 5.91 Å². The van der Waals surface area contributed by atoms with Gasteiger partial charge in [-0.05, 0) is 31.0 Å². The molecule has 21 heavy (non-hydrogen) atoms. The Labute approximate surface area is 125 Å². The molecule has 2 amide bonds. The third kappa shape index (κ3) is 3.97. The lowest BCUT2D eigenvalue weighted by molar-refractivity contribution is -0.142. The molecule has 1 atom stereocenters. The van der Waals surface area contributed by atoms with E-state index >= 15 is 0 Å². The number of carbonyl (C=O) groups excluding carboxylic acids is 2. The van der Waals surface area contributed by atoms with Crippen molar-refractivity contribution in [2.24, 2.45) is 0 Å². The van der Waals surface area contributed by atoms with Crippen LogP contribution in [0, 0.1) is 6.92 Å². The van der Waals surface area contributed by atoms with Crippen LogP contribution in [0.25, 0.3) is 0 Å². The maximum absolute atomic E-state index is 12.5. The van der Waals surface area contributed by atoms with Crippen molar-refractivity contribution in [2.75, 3.05) is 26.2 Å². The Morgan fingerprint density at radius 3 is 2.62 bits per heavy atom. The fourth-order valence-electron chi connectivity index (χ4n) is 2.41. The zero-order valence-corrected chi connectivity index (χ0v) is 12.6. The molecule has 0 aliphatic carbocycles. The standard InChI is InChI=1S/C16H22N2O3/c1-3-15(21-14-6-4-5-13(2)11-14)16(20)18-9-7-17(12-19)8-10-18/h4-6,11-12,15H,3,7-10H2,1-2H3/t15-/m0/s1. The van der Waals surface area contributed by atoms with Gasteiger partial charge in [-0.2, -0.15) is 0 Å². The second-order valence-electron chi connectivity index (χ2n) is 5.30. The summed E-state index contributed by atoms with van der Waals surface area (Å²) in [5.41, 5.74) is 1.11. The minimum Gasteiger partial charge on any atom is -0.481 e. The van der Waals surface area contributed by atoms with Crippen molar-refractivity contribution >= 4 is 12.3 Å². The molecule has 0 spiro atoms. The van der Waals surface area contributed by atoms with Gasteiger partial charge in [0.2, 0.25) is 6.41 Å². The van der Waals surface area contributed by atoms with E-state index in [9.17, 15) is 9.59 Å². The molecule has 1 saturated heterocycles. The molecule has 5 nitrogen and oxygen atoms in total. The van der Waals surface area contributed by atoms with Gasteiger partial charge in [-0.25, -0.2) is 0 Å². The highest BCUT2D eigenvalue weighted by Crippen LogP contribution is 2.17. The third-order valence-corrected chi connectivity index (χ3v) is 3.69. The predicted octanol–water partition coefficient (Wildman–Crippen LogP) is 1.45. The van der Waals surface area contributed by atoms with Crippen LogP contribution in [-0.4, -0.2) is 54.4 Å². The molecule has 0 bridgehead atoms. The van der Waals surface area contributed by atoms with Crippen molar-refractivity contribution in [1.82, 2.24) is 9.80 Å². The van der Waals surface area contributed by atoms with Gasteiger partial charge in [0.15, 0.2) is 6.10 Å². The van der Waals surface area contributed by atoms with Crippen LogP contribution in [0.3, 0.4) is 0 Å². The molecular weight excluding hydrogens is 268 g/mol. The van der Waals surface area contributed by atoms with Crippen LogP contribution in [-0.2, 0) is 9.59 Å². The van der Waals surface area contributed by atoms with Gasteiger partial charge in [0.1, 0.15) is 5.75 Å². The zero-order chi connectivity index (χ0) is 15.2. The number of ether oxygens (including phenoxy) is 1. The van der Waals surface area contributed by atoms with Gasteiger partial charge < -0.3 is 14.5 Å². The van der Waals surface area contributed by atoms with E-state index in [1.54, 1.807) is 9.80 Å². The molecule has 2 rings (SSSR count). The minimum atomic E-state index is -0.463. The van der Waals surface area contributed by atoms with Crippen LogP contribution in [0.2, 0.25) is 0 Å². The van der Waals surface area contributed by atoms with Crippen molar-refractivity contribution in [3.05, 3.63) is 29.8 Å². The molecule has 1 aliphatic rings. The number of hydrogen-bond donors (Lipinski definition) is 0. The lowest BCUT2D eigenvalue weighted by Gasteiger charge is -2.34. The van der Waals surface area contributed by atoms with Crippen molar-refractivity contribution < 1.29 is 14.3 Å².